The van der Waals surface area contributed by atoms with Crippen LogP contribution in [-0.2, 0) is 9.59 Å². The molecule has 0 bridgehead atoms. The molecular formula is C23H23N5O3. The Labute approximate surface area is 179 Å². The smallest absolute Gasteiger partial charge is 0.233 e. The van der Waals surface area contributed by atoms with Crippen LogP contribution in [0.4, 0.5) is 5.69 Å². The van der Waals surface area contributed by atoms with E-state index in [1.165, 1.54) is 5.56 Å². The van der Waals surface area contributed by atoms with Crippen molar-refractivity contribution in [2.75, 3.05) is 24.5 Å². The Morgan fingerprint density at radius 1 is 1.10 bits per heavy atom. The molecule has 4 heterocycles. The molecule has 2 aliphatic rings. The largest absolute Gasteiger partial charge is 0.341 e. The molecule has 0 radical (unpaired) electrons. The first kappa shape index (κ1) is 19.4. The van der Waals surface area contributed by atoms with Crippen LogP contribution in [0.15, 0.2) is 47.1 Å². The van der Waals surface area contributed by atoms with Crippen molar-refractivity contribution in [1.29, 1.82) is 0 Å². The molecule has 2 aromatic heterocycles. The Kier molecular flexibility index (Phi) is 4.77. The molecule has 1 unspecified atom stereocenters. The number of likely N-dealkylation sites (tertiary alicyclic amines) is 1. The van der Waals surface area contributed by atoms with Crippen LogP contribution in [0.5, 0.6) is 0 Å². The summed E-state index contributed by atoms with van der Waals surface area (Å²) in [7, 11) is 0. The number of amides is 2. The maximum absolute atomic E-state index is 12.9. The van der Waals surface area contributed by atoms with Gasteiger partial charge < -0.3 is 14.3 Å². The highest BCUT2D eigenvalue weighted by Gasteiger charge is 2.42. The molecule has 3 aromatic rings. The van der Waals surface area contributed by atoms with Gasteiger partial charge in [0, 0.05) is 37.9 Å². The number of aromatic nitrogens is 3. The van der Waals surface area contributed by atoms with E-state index in [1.807, 2.05) is 50.2 Å². The first-order chi connectivity index (χ1) is 15.0. The molecule has 2 amide bonds. The zero-order valence-corrected chi connectivity index (χ0v) is 17.5. The Morgan fingerprint density at radius 2 is 1.94 bits per heavy atom. The van der Waals surface area contributed by atoms with Gasteiger partial charge in [0.05, 0.1) is 11.8 Å². The highest BCUT2D eigenvalue weighted by Crippen LogP contribution is 2.32. The third kappa shape index (κ3) is 3.58. The third-order valence-electron chi connectivity index (χ3n) is 6.15. The first-order valence-corrected chi connectivity index (χ1v) is 10.4. The van der Waals surface area contributed by atoms with Gasteiger partial charge in [-0.1, -0.05) is 17.3 Å². The van der Waals surface area contributed by atoms with Crippen molar-refractivity contribution in [2.24, 2.45) is 5.92 Å². The molecule has 8 nitrogen and oxygen atoms in total. The Hall–Kier alpha value is -3.55. The summed E-state index contributed by atoms with van der Waals surface area (Å²) in [5.74, 6) is 0.675. The number of aryl methyl sites for hydroxylation is 2. The Balaban J connectivity index is 1.20. The van der Waals surface area contributed by atoms with Crippen molar-refractivity contribution >= 4 is 17.5 Å². The van der Waals surface area contributed by atoms with Crippen molar-refractivity contribution in [2.45, 2.75) is 26.2 Å². The summed E-state index contributed by atoms with van der Waals surface area (Å²) >= 11 is 0. The van der Waals surface area contributed by atoms with E-state index in [-0.39, 0.29) is 30.1 Å². The molecule has 31 heavy (non-hydrogen) atoms. The number of benzene rings is 1. The lowest BCUT2D eigenvalue weighted by atomic mass is 9.96. The maximum atomic E-state index is 12.9. The summed E-state index contributed by atoms with van der Waals surface area (Å²) in [4.78, 5) is 37.7. The number of nitrogens with zero attached hydrogens (tertiary/aromatic N) is 5. The van der Waals surface area contributed by atoms with E-state index in [1.54, 1.807) is 16.0 Å². The number of carbonyl (C=O) groups is 2. The number of hydrogen-bond acceptors (Lipinski definition) is 6. The lowest BCUT2D eigenvalue weighted by Gasteiger charge is -2.38. The van der Waals surface area contributed by atoms with Crippen LogP contribution >= 0.6 is 0 Å². The Morgan fingerprint density at radius 3 is 2.68 bits per heavy atom. The van der Waals surface area contributed by atoms with Crippen LogP contribution < -0.4 is 4.90 Å². The average Bonchev–Trinajstić information content (AvgIpc) is 3.37. The molecule has 0 aliphatic carbocycles. The molecule has 2 saturated heterocycles. The van der Waals surface area contributed by atoms with Crippen LogP contribution in [0, 0.1) is 19.8 Å². The second-order valence-electron chi connectivity index (χ2n) is 8.29. The summed E-state index contributed by atoms with van der Waals surface area (Å²) in [5.41, 5.74) is 3.83. The van der Waals surface area contributed by atoms with Gasteiger partial charge in [0.1, 0.15) is 5.69 Å². The van der Waals surface area contributed by atoms with Gasteiger partial charge in [-0.3, -0.25) is 14.6 Å². The number of anilines is 1. The first-order valence-electron chi connectivity index (χ1n) is 10.4. The van der Waals surface area contributed by atoms with Crippen LogP contribution in [0.25, 0.3) is 11.5 Å². The van der Waals surface area contributed by atoms with Crippen molar-refractivity contribution in [3.63, 3.8) is 0 Å². The Bertz CT molecular complexity index is 1140. The number of rotatable bonds is 4. The van der Waals surface area contributed by atoms with E-state index in [0.717, 1.165) is 11.3 Å². The van der Waals surface area contributed by atoms with E-state index >= 15 is 0 Å². The molecule has 0 saturated carbocycles. The fourth-order valence-corrected chi connectivity index (χ4v) is 4.09. The molecule has 8 heteroatoms. The quantitative estimate of drug-likeness (QED) is 0.648. The third-order valence-corrected chi connectivity index (χ3v) is 6.15. The van der Waals surface area contributed by atoms with Crippen LogP contribution in [-0.4, -0.2) is 51.5 Å². The highest BCUT2D eigenvalue weighted by atomic mass is 16.5. The second kappa shape index (κ2) is 7.61. The van der Waals surface area contributed by atoms with E-state index in [0.29, 0.717) is 37.0 Å². The molecule has 1 aromatic carbocycles. The fraction of sp³-hybridized carbons (Fsp3) is 0.348. The molecule has 2 aliphatic heterocycles. The minimum absolute atomic E-state index is 0.00409. The fourth-order valence-electron chi connectivity index (χ4n) is 4.09. The monoisotopic (exact) mass is 417 g/mol. The zero-order valence-electron chi connectivity index (χ0n) is 17.5. The molecule has 5 rings (SSSR count). The van der Waals surface area contributed by atoms with E-state index in [2.05, 4.69) is 15.1 Å². The average molecular weight is 417 g/mol. The predicted octanol–water partition coefficient (Wildman–Crippen LogP) is 2.73. The summed E-state index contributed by atoms with van der Waals surface area (Å²) in [5, 5.41) is 4.00. The van der Waals surface area contributed by atoms with Gasteiger partial charge in [0.15, 0.2) is 0 Å². The summed E-state index contributed by atoms with van der Waals surface area (Å²) in [6.45, 7) is 5.54. The SMILES string of the molecule is Cc1ccc(N2CC(C(=O)N3CC(c4nc(-c5ccccn5)no4)C3)CC2=O)cc1C. The molecule has 0 spiro atoms. The molecule has 2 fully saturated rings. The summed E-state index contributed by atoms with van der Waals surface area (Å²) in [6, 6.07) is 11.5. The standard InChI is InChI=1S/C23H23N5O3/c1-14-6-7-18(9-15(14)2)28-13-16(10-20(28)29)23(30)27-11-17(12-27)22-25-21(26-31-22)19-5-3-4-8-24-19/h3-9,16-17H,10-13H2,1-2H3. The summed E-state index contributed by atoms with van der Waals surface area (Å²) < 4.78 is 5.39. The normalized spacial score (nSPS) is 19.0. The van der Waals surface area contributed by atoms with Crippen molar-refractivity contribution in [1.82, 2.24) is 20.0 Å². The minimum atomic E-state index is -0.318. The maximum Gasteiger partial charge on any atom is 0.233 e. The van der Waals surface area contributed by atoms with Crippen LogP contribution in [0.1, 0.15) is 29.4 Å². The highest BCUT2D eigenvalue weighted by molar-refractivity contribution is 6.00. The van der Waals surface area contributed by atoms with Gasteiger partial charge in [-0.25, -0.2) is 0 Å². The molecular weight excluding hydrogens is 394 g/mol. The number of hydrogen-bond donors (Lipinski definition) is 0. The van der Waals surface area contributed by atoms with Gasteiger partial charge in [-0.15, -0.1) is 0 Å². The van der Waals surface area contributed by atoms with E-state index in [9.17, 15) is 9.59 Å². The predicted molar refractivity (Wildman–Crippen MR) is 113 cm³/mol. The minimum Gasteiger partial charge on any atom is -0.341 e. The number of carbonyl (C=O) groups excluding carboxylic acids is 2. The van der Waals surface area contributed by atoms with Gasteiger partial charge in [0.2, 0.25) is 23.5 Å². The summed E-state index contributed by atoms with van der Waals surface area (Å²) in [6.07, 6.45) is 1.93. The topological polar surface area (TPSA) is 92.4 Å². The van der Waals surface area contributed by atoms with Crippen molar-refractivity contribution in [3.05, 3.63) is 59.6 Å². The second-order valence-corrected chi connectivity index (χ2v) is 8.29. The van der Waals surface area contributed by atoms with Gasteiger partial charge >= 0.3 is 0 Å². The molecule has 1 atom stereocenters. The van der Waals surface area contributed by atoms with E-state index in [4.69, 9.17) is 4.52 Å². The van der Waals surface area contributed by atoms with Crippen molar-refractivity contribution < 1.29 is 14.1 Å². The van der Waals surface area contributed by atoms with Gasteiger partial charge in [0.25, 0.3) is 0 Å². The lowest BCUT2D eigenvalue weighted by molar-refractivity contribution is -0.140. The van der Waals surface area contributed by atoms with Gasteiger partial charge in [-0.05, 0) is 49.2 Å². The van der Waals surface area contributed by atoms with E-state index < -0.39 is 0 Å². The van der Waals surface area contributed by atoms with Crippen molar-refractivity contribution in [3.8, 4) is 11.5 Å². The lowest BCUT2D eigenvalue weighted by Crippen LogP contribution is -2.51. The zero-order chi connectivity index (χ0) is 21.5. The van der Waals surface area contributed by atoms with Gasteiger partial charge in [-0.2, -0.15) is 4.98 Å². The molecule has 158 valence electrons. The van der Waals surface area contributed by atoms with Crippen LogP contribution in [0.2, 0.25) is 0 Å². The number of pyridine rings is 1. The van der Waals surface area contributed by atoms with Crippen LogP contribution in [0.3, 0.4) is 0 Å². The molecule has 0 N–H and O–H groups in total.